The van der Waals surface area contributed by atoms with Gasteiger partial charge in [-0.25, -0.2) is 13.1 Å². The van der Waals surface area contributed by atoms with Crippen molar-refractivity contribution in [1.29, 1.82) is 0 Å². The molecule has 9 heteroatoms. The van der Waals surface area contributed by atoms with Gasteiger partial charge in [0, 0.05) is 17.5 Å². The first-order valence-corrected chi connectivity index (χ1v) is 10.8. The molecule has 0 heterocycles. The number of ether oxygens (including phenoxy) is 1. The largest absolute Gasteiger partial charge is 0.497 e. The first-order valence-electron chi connectivity index (χ1n) is 9.29. The molecule has 1 saturated carbocycles. The van der Waals surface area contributed by atoms with Gasteiger partial charge in [0.05, 0.1) is 11.9 Å². The van der Waals surface area contributed by atoms with Crippen molar-refractivity contribution in [2.24, 2.45) is 5.92 Å². The van der Waals surface area contributed by atoms with E-state index in [0.29, 0.717) is 37.0 Å². The van der Waals surface area contributed by atoms with Crippen molar-refractivity contribution < 1.29 is 22.7 Å². The predicted molar refractivity (Wildman–Crippen MR) is 106 cm³/mol. The van der Waals surface area contributed by atoms with Gasteiger partial charge in [-0.3, -0.25) is 20.4 Å². The Morgan fingerprint density at radius 2 is 1.57 bits per heavy atom. The monoisotopic (exact) mass is 411 g/mol. The van der Waals surface area contributed by atoms with E-state index in [0.717, 1.165) is 0 Å². The fourth-order valence-electron chi connectivity index (χ4n) is 2.90. The second kappa shape index (κ2) is 8.91. The molecule has 2 amide bonds. The average molecular weight is 412 g/mol. The van der Waals surface area contributed by atoms with E-state index in [9.17, 15) is 18.0 Å². The van der Waals surface area contributed by atoms with Crippen LogP contribution >= 0.6 is 0 Å². The number of rotatable bonds is 5. The lowest BCUT2D eigenvalue weighted by atomic mass is 9.86. The molecule has 1 aliphatic carbocycles. The van der Waals surface area contributed by atoms with Crippen LogP contribution in [0.4, 0.5) is 0 Å². The second-order valence-corrected chi connectivity index (χ2v) is 10.4. The standard InChI is InChI=1S/C19H29N3O5S/c1-19(2,3)28(25,26)22-15-9-5-13(6-10-15)17(23)20-21-18(24)14-7-11-16(27-4)12-8-14/h7-8,11-13,15,22H,5-6,9-10H2,1-4H3,(H,20,23)(H,21,24)/t13-,15-. The molecule has 2 rings (SSSR count). The van der Waals surface area contributed by atoms with Crippen LogP contribution in [0, 0.1) is 5.92 Å². The number of hydrogen-bond acceptors (Lipinski definition) is 5. The SMILES string of the molecule is COc1ccc(C(=O)NNC(=O)[C@H]2CC[C@H](NS(=O)(=O)C(C)(C)C)CC2)cc1. The predicted octanol–water partition coefficient (Wildman–Crippen LogP) is 1.73. The molecule has 0 atom stereocenters. The number of hydrogen-bond donors (Lipinski definition) is 3. The van der Waals surface area contributed by atoms with Gasteiger partial charge >= 0.3 is 0 Å². The maximum absolute atomic E-state index is 12.3. The van der Waals surface area contributed by atoms with Crippen LogP contribution in [0.3, 0.4) is 0 Å². The van der Waals surface area contributed by atoms with Gasteiger partial charge in [0.25, 0.3) is 5.91 Å². The molecule has 0 bridgehead atoms. The lowest BCUT2D eigenvalue weighted by molar-refractivity contribution is -0.126. The van der Waals surface area contributed by atoms with Gasteiger partial charge in [0.2, 0.25) is 15.9 Å². The molecule has 0 spiro atoms. The zero-order chi connectivity index (χ0) is 20.9. The number of hydrazine groups is 1. The Kier molecular flexibility index (Phi) is 7.06. The molecule has 0 saturated heterocycles. The molecule has 1 fully saturated rings. The molecule has 156 valence electrons. The van der Waals surface area contributed by atoms with Crippen LogP contribution in [-0.2, 0) is 14.8 Å². The van der Waals surface area contributed by atoms with Crippen molar-refractivity contribution in [2.75, 3.05) is 7.11 Å². The first kappa shape index (κ1) is 22.2. The lowest BCUT2D eigenvalue weighted by Crippen LogP contribution is -2.48. The van der Waals surface area contributed by atoms with Crippen LogP contribution in [-0.4, -0.2) is 38.1 Å². The third-order valence-electron chi connectivity index (χ3n) is 4.88. The Morgan fingerprint density at radius 3 is 2.07 bits per heavy atom. The van der Waals surface area contributed by atoms with E-state index < -0.39 is 20.7 Å². The summed E-state index contributed by atoms with van der Waals surface area (Å²) in [7, 11) is -1.87. The van der Waals surface area contributed by atoms with E-state index in [1.54, 1.807) is 45.0 Å². The number of amides is 2. The number of nitrogens with one attached hydrogen (secondary N) is 3. The Bertz CT molecular complexity index is 792. The highest BCUT2D eigenvalue weighted by Gasteiger charge is 2.34. The van der Waals surface area contributed by atoms with Gasteiger partial charge in [0.15, 0.2) is 0 Å². The number of methoxy groups -OCH3 is 1. The summed E-state index contributed by atoms with van der Waals surface area (Å²) in [6.07, 6.45) is 2.28. The topological polar surface area (TPSA) is 114 Å². The lowest BCUT2D eigenvalue weighted by Gasteiger charge is -2.30. The second-order valence-electron chi connectivity index (χ2n) is 7.95. The Hall–Kier alpha value is -2.13. The van der Waals surface area contributed by atoms with Crippen LogP contribution in [0.5, 0.6) is 5.75 Å². The minimum Gasteiger partial charge on any atom is -0.497 e. The summed E-state index contributed by atoms with van der Waals surface area (Å²) < 4.78 is 31.4. The number of sulfonamides is 1. The summed E-state index contributed by atoms with van der Waals surface area (Å²) in [6.45, 7) is 4.96. The van der Waals surface area contributed by atoms with Crippen LogP contribution in [0.1, 0.15) is 56.8 Å². The molecule has 28 heavy (non-hydrogen) atoms. The number of carbonyl (C=O) groups excluding carboxylic acids is 2. The maximum atomic E-state index is 12.3. The van der Waals surface area contributed by atoms with Crippen LogP contribution in [0.2, 0.25) is 0 Å². The molecule has 3 N–H and O–H groups in total. The van der Waals surface area contributed by atoms with E-state index >= 15 is 0 Å². The summed E-state index contributed by atoms with van der Waals surface area (Å²) in [5.74, 6) is -0.299. The number of carbonyl (C=O) groups is 2. The smallest absolute Gasteiger partial charge is 0.269 e. The van der Waals surface area contributed by atoms with Crippen LogP contribution in [0.15, 0.2) is 24.3 Å². The zero-order valence-corrected chi connectivity index (χ0v) is 17.6. The fraction of sp³-hybridized carbons (Fsp3) is 0.579. The van der Waals surface area contributed by atoms with Gasteiger partial charge in [-0.1, -0.05) is 0 Å². The van der Waals surface area contributed by atoms with Crippen molar-refractivity contribution in [1.82, 2.24) is 15.6 Å². The average Bonchev–Trinajstić information content (AvgIpc) is 2.65. The van der Waals surface area contributed by atoms with Crippen molar-refractivity contribution in [3.05, 3.63) is 29.8 Å². The minimum atomic E-state index is -3.41. The third kappa shape index (κ3) is 5.68. The van der Waals surface area contributed by atoms with E-state index in [2.05, 4.69) is 15.6 Å². The summed E-state index contributed by atoms with van der Waals surface area (Å²) in [4.78, 5) is 24.4. The Labute approximate surface area is 166 Å². The summed E-state index contributed by atoms with van der Waals surface area (Å²) >= 11 is 0. The minimum absolute atomic E-state index is 0.165. The summed E-state index contributed by atoms with van der Waals surface area (Å²) in [5, 5.41) is 0. The van der Waals surface area contributed by atoms with Gasteiger partial charge in [-0.2, -0.15) is 0 Å². The fourth-order valence-corrected chi connectivity index (χ4v) is 3.93. The summed E-state index contributed by atoms with van der Waals surface area (Å²) in [5.41, 5.74) is 5.27. The molecule has 0 radical (unpaired) electrons. The Balaban J connectivity index is 1.79. The Morgan fingerprint density at radius 1 is 1.00 bits per heavy atom. The normalized spacial score (nSPS) is 20.3. The third-order valence-corrected chi connectivity index (χ3v) is 7.13. The number of benzene rings is 1. The van der Waals surface area contributed by atoms with Crippen molar-refractivity contribution in [3.8, 4) is 5.75 Å². The zero-order valence-electron chi connectivity index (χ0n) is 16.7. The van der Waals surface area contributed by atoms with E-state index in [4.69, 9.17) is 4.74 Å². The molecule has 0 aromatic heterocycles. The molecule has 1 aromatic carbocycles. The van der Waals surface area contributed by atoms with E-state index in [1.165, 1.54) is 7.11 Å². The van der Waals surface area contributed by atoms with Gasteiger partial charge < -0.3 is 4.74 Å². The molecule has 0 aliphatic heterocycles. The quantitative estimate of drug-likeness (QED) is 0.639. The maximum Gasteiger partial charge on any atom is 0.269 e. The highest BCUT2D eigenvalue weighted by atomic mass is 32.2. The molecule has 1 aromatic rings. The molecule has 1 aliphatic rings. The van der Waals surface area contributed by atoms with E-state index in [1.807, 2.05) is 0 Å². The summed E-state index contributed by atoms with van der Waals surface area (Å²) in [6, 6.07) is 6.37. The first-order chi connectivity index (χ1) is 13.0. The van der Waals surface area contributed by atoms with E-state index in [-0.39, 0.29) is 17.9 Å². The highest BCUT2D eigenvalue weighted by molar-refractivity contribution is 7.90. The van der Waals surface area contributed by atoms with Crippen molar-refractivity contribution >= 4 is 21.8 Å². The van der Waals surface area contributed by atoms with Gasteiger partial charge in [-0.05, 0) is 70.7 Å². The van der Waals surface area contributed by atoms with Crippen LogP contribution in [0.25, 0.3) is 0 Å². The molecule has 8 nitrogen and oxygen atoms in total. The van der Waals surface area contributed by atoms with Crippen molar-refractivity contribution in [2.45, 2.75) is 57.2 Å². The van der Waals surface area contributed by atoms with Gasteiger partial charge in [0.1, 0.15) is 5.75 Å². The molecular formula is C19H29N3O5S. The molecular weight excluding hydrogens is 382 g/mol. The van der Waals surface area contributed by atoms with Gasteiger partial charge in [-0.15, -0.1) is 0 Å². The van der Waals surface area contributed by atoms with Crippen molar-refractivity contribution in [3.63, 3.8) is 0 Å². The highest BCUT2D eigenvalue weighted by Crippen LogP contribution is 2.26. The van der Waals surface area contributed by atoms with Crippen LogP contribution < -0.4 is 20.3 Å². The molecule has 0 unspecified atom stereocenters.